The van der Waals surface area contributed by atoms with E-state index in [9.17, 15) is 13.2 Å². The number of ether oxygens (including phenoxy) is 1. The van der Waals surface area contributed by atoms with Crippen LogP contribution in [0.1, 0.15) is 35.9 Å². The van der Waals surface area contributed by atoms with Gasteiger partial charge in [-0.3, -0.25) is 0 Å². The van der Waals surface area contributed by atoms with Gasteiger partial charge in [0.15, 0.2) is 0 Å². The molecule has 0 saturated carbocycles. The number of aryl methyl sites for hydroxylation is 1. The maximum absolute atomic E-state index is 13.0. The van der Waals surface area contributed by atoms with Crippen molar-refractivity contribution < 1.29 is 22.4 Å². The third kappa shape index (κ3) is 4.13. The first-order chi connectivity index (χ1) is 12.4. The third-order valence-corrected chi connectivity index (χ3v) is 6.81. The molecular formula is C18H25ClN2O5S. The highest BCUT2D eigenvalue weighted by Crippen LogP contribution is 2.30. The van der Waals surface area contributed by atoms with Gasteiger partial charge in [-0.2, -0.15) is 4.31 Å². The van der Waals surface area contributed by atoms with Crippen molar-refractivity contribution in [2.24, 2.45) is 11.7 Å². The molecule has 1 saturated heterocycles. The van der Waals surface area contributed by atoms with Crippen LogP contribution in [0.15, 0.2) is 27.5 Å². The van der Waals surface area contributed by atoms with Crippen LogP contribution >= 0.6 is 12.4 Å². The van der Waals surface area contributed by atoms with E-state index in [1.54, 1.807) is 26.0 Å². The Kier molecular flexibility index (Phi) is 6.91. The number of sulfonamides is 1. The van der Waals surface area contributed by atoms with Gasteiger partial charge in [-0.25, -0.2) is 13.2 Å². The number of piperidine rings is 1. The van der Waals surface area contributed by atoms with E-state index in [1.165, 1.54) is 10.4 Å². The van der Waals surface area contributed by atoms with Gasteiger partial charge in [0, 0.05) is 24.0 Å². The predicted molar refractivity (Wildman–Crippen MR) is 105 cm³/mol. The predicted octanol–water partition coefficient (Wildman–Crippen LogP) is 2.70. The number of nitrogens with two attached hydrogens (primary N) is 1. The van der Waals surface area contributed by atoms with Gasteiger partial charge in [-0.1, -0.05) is 0 Å². The molecule has 1 aliphatic rings. The fourth-order valence-electron chi connectivity index (χ4n) is 3.29. The lowest BCUT2D eigenvalue weighted by atomic mass is 9.99. The molecule has 0 aliphatic carbocycles. The second-order valence-electron chi connectivity index (χ2n) is 6.52. The molecule has 150 valence electrons. The lowest BCUT2D eigenvalue weighted by Crippen LogP contribution is -2.39. The van der Waals surface area contributed by atoms with Gasteiger partial charge in [0.2, 0.25) is 15.8 Å². The SMILES string of the molecule is CCOC(=O)c1oc2ccc(S(=O)(=O)N3CCC(CN)CC3)cc2c1C.Cl. The maximum Gasteiger partial charge on any atom is 0.374 e. The second-order valence-corrected chi connectivity index (χ2v) is 8.46. The van der Waals surface area contributed by atoms with Crippen LogP contribution in [-0.2, 0) is 14.8 Å². The number of hydrogen-bond donors (Lipinski definition) is 1. The summed E-state index contributed by atoms with van der Waals surface area (Å²) in [6.45, 7) is 5.22. The lowest BCUT2D eigenvalue weighted by molar-refractivity contribution is 0.0491. The minimum absolute atomic E-state index is 0. The van der Waals surface area contributed by atoms with Crippen molar-refractivity contribution in [3.63, 3.8) is 0 Å². The molecule has 2 N–H and O–H groups in total. The Morgan fingerprint density at radius 3 is 2.59 bits per heavy atom. The van der Waals surface area contributed by atoms with E-state index in [4.69, 9.17) is 14.9 Å². The first-order valence-electron chi connectivity index (χ1n) is 8.79. The number of carbonyl (C=O) groups is 1. The van der Waals surface area contributed by atoms with Crippen molar-refractivity contribution in [2.45, 2.75) is 31.6 Å². The molecule has 0 radical (unpaired) electrons. The Bertz CT molecular complexity index is 917. The molecule has 0 unspecified atom stereocenters. The summed E-state index contributed by atoms with van der Waals surface area (Å²) in [5.74, 6) is -0.0539. The summed E-state index contributed by atoms with van der Waals surface area (Å²) in [7, 11) is -3.59. The molecule has 1 aliphatic heterocycles. The number of nitrogens with zero attached hydrogens (tertiary/aromatic N) is 1. The van der Waals surface area contributed by atoms with Crippen LogP contribution in [0.3, 0.4) is 0 Å². The Labute approximate surface area is 165 Å². The summed E-state index contributed by atoms with van der Waals surface area (Å²) in [4.78, 5) is 12.2. The third-order valence-electron chi connectivity index (χ3n) is 4.91. The van der Waals surface area contributed by atoms with Crippen molar-refractivity contribution in [1.29, 1.82) is 0 Å². The molecule has 1 aromatic carbocycles. The first-order valence-corrected chi connectivity index (χ1v) is 10.2. The zero-order valence-corrected chi connectivity index (χ0v) is 17.1. The average molecular weight is 417 g/mol. The minimum Gasteiger partial charge on any atom is -0.460 e. The number of rotatable bonds is 5. The Morgan fingerprint density at radius 1 is 1.33 bits per heavy atom. The van der Waals surface area contributed by atoms with Gasteiger partial charge in [-0.05, 0) is 57.4 Å². The lowest BCUT2D eigenvalue weighted by Gasteiger charge is -2.30. The molecule has 27 heavy (non-hydrogen) atoms. The van der Waals surface area contributed by atoms with E-state index in [2.05, 4.69) is 0 Å². The minimum atomic E-state index is -3.59. The van der Waals surface area contributed by atoms with Crippen molar-refractivity contribution in [2.75, 3.05) is 26.2 Å². The summed E-state index contributed by atoms with van der Waals surface area (Å²) >= 11 is 0. The molecule has 0 bridgehead atoms. The van der Waals surface area contributed by atoms with Gasteiger partial charge in [0.05, 0.1) is 11.5 Å². The molecule has 3 rings (SSSR count). The second kappa shape index (κ2) is 8.60. The molecule has 0 atom stereocenters. The highest BCUT2D eigenvalue weighted by atomic mass is 35.5. The average Bonchev–Trinajstić information content (AvgIpc) is 2.98. The summed E-state index contributed by atoms with van der Waals surface area (Å²) in [6, 6.07) is 4.68. The summed E-state index contributed by atoms with van der Waals surface area (Å²) in [6.07, 6.45) is 1.55. The van der Waals surface area contributed by atoms with E-state index in [1.807, 2.05) is 0 Å². The van der Waals surface area contributed by atoms with Crippen LogP contribution in [0.25, 0.3) is 11.0 Å². The maximum atomic E-state index is 13.0. The number of carbonyl (C=O) groups excluding carboxylic acids is 1. The number of esters is 1. The number of benzene rings is 1. The standard InChI is InChI=1S/C18H24N2O5S.ClH/c1-3-24-18(21)17-12(2)15-10-14(4-5-16(15)25-17)26(22,23)20-8-6-13(11-19)7-9-20;/h4-5,10,13H,3,6-9,11,19H2,1-2H3;1H. The van der Waals surface area contributed by atoms with Crippen molar-refractivity contribution in [3.05, 3.63) is 29.5 Å². The van der Waals surface area contributed by atoms with Crippen LogP contribution < -0.4 is 5.73 Å². The summed E-state index contributed by atoms with van der Waals surface area (Å²) < 4.78 is 37.9. The first kappa shape index (κ1) is 21.7. The Balaban J connectivity index is 0.00000261. The van der Waals surface area contributed by atoms with Gasteiger partial charge < -0.3 is 14.9 Å². The normalized spacial score (nSPS) is 16.3. The molecule has 9 heteroatoms. The van der Waals surface area contributed by atoms with Crippen molar-refractivity contribution in [3.8, 4) is 0 Å². The number of furan rings is 1. The molecular weight excluding hydrogens is 392 g/mol. The van der Waals surface area contributed by atoms with E-state index in [-0.39, 0.29) is 29.7 Å². The van der Waals surface area contributed by atoms with Crippen LogP contribution in [0.4, 0.5) is 0 Å². The van der Waals surface area contributed by atoms with Crippen molar-refractivity contribution >= 4 is 39.4 Å². The van der Waals surface area contributed by atoms with E-state index in [0.717, 1.165) is 12.8 Å². The molecule has 0 spiro atoms. The monoisotopic (exact) mass is 416 g/mol. The quantitative estimate of drug-likeness (QED) is 0.751. The van der Waals surface area contributed by atoms with Gasteiger partial charge >= 0.3 is 5.97 Å². The summed E-state index contributed by atoms with van der Waals surface area (Å²) in [5, 5.41) is 0.603. The highest BCUT2D eigenvalue weighted by Gasteiger charge is 2.30. The molecule has 1 aromatic heterocycles. The topological polar surface area (TPSA) is 103 Å². The smallest absolute Gasteiger partial charge is 0.374 e. The fourth-order valence-corrected chi connectivity index (χ4v) is 4.78. The highest BCUT2D eigenvalue weighted by molar-refractivity contribution is 7.89. The van der Waals surface area contributed by atoms with Gasteiger partial charge in [0.1, 0.15) is 5.58 Å². The Hall–Kier alpha value is -1.61. The van der Waals surface area contributed by atoms with E-state index < -0.39 is 16.0 Å². The molecule has 2 heterocycles. The van der Waals surface area contributed by atoms with Crippen molar-refractivity contribution in [1.82, 2.24) is 4.31 Å². The van der Waals surface area contributed by atoms with Crippen LogP contribution in [-0.4, -0.2) is 44.9 Å². The molecule has 0 amide bonds. The number of fused-ring (bicyclic) bond motifs is 1. The Morgan fingerprint density at radius 2 is 2.00 bits per heavy atom. The van der Waals surface area contributed by atoms with Gasteiger partial charge in [0.25, 0.3) is 0 Å². The van der Waals surface area contributed by atoms with E-state index in [0.29, 0.717) is 42.1 Å². The largest absolute Gasteiger partial charge is 0.460 e. The molecule has 7 nitrogen and oxygen atoms in total. The number of halogens is 1. The molecule has 2 aromatic rings. The van der Waals surface area contributed by atoms with Gasteiger partial charge in [-0.15, -0.1) is 12.4 Å². The number of hydrogen-bond acceptors (Lipinski definition) is 6. The van der Waals surface area contributed by atoms with Crippen LogP contribution in [0.5, 0.6) is 0 Å². The van der Waals surface area contributed by atoms with Crippen LogP contribution in [0, 0.1) is 12.8 Å². The zero-order valence-electron chi connectivity index (χ0n) is 15.4. The molecule has 1 fully saturated rings. The van der Waals surface area contributed by atoms with Crippen LogP contribution in [0.2, 0.25) is 0 Å². The summed E-state index contributed by atoms with van der Waals surface area (Å²) in [5.41, 5.74) is 6.72. The van der Waals surface area contributed by atoms with E-state index >= 15 is 0 Å². The zero-order chi connectivity index (χ0) is 18.9. The fraction of sp³-hybridized carbons (Fsp3) is 0.500.